The zero-order chi connectivity index (χ0) is 5.72. The van der Waals surface area contributed by atoms with Crippen molar-refractivity contribution in [2.24, 2.45) is 4.99 Å². The van der Waals surface area contributed by atoms with Crippen LogP contribution in [0.1, 0.15) is 13.8 Å². The monoisotopic (exact) mass is 108 g/mol. The van der Waals surface area contributed by atoms with Crippen LogP contribution in [-0.2, 0) is 0 Å². The molecule has 2 rings (SSSR count). The number of fused-ring (bicyclic) bond motifs is 1. The maximum atomic E-state index is 4.23. The van der Waals surface area contributed by atoms with Crippen molar-refractivity contribution >= 4 is 5.84 Å². The lowest BCUT2D eigenvalue weighted by Gasteiger charge is -1.94. The number of rotatable bonds is 0. The predicted octanol–water partition coefficient (Wildman–Crippen LogP) is 0.664. The molecule has 0 saturated heterocycles. The van der Waals surface area contributed by atoms with E-state index in [9.17, 15) is 0 Å². The quantitative estimate of drug-likeness (QED) is 0.484. The third kappa shape index (κ3) is 0.312. The second-order valence-corrected chi connectivity index (χ2v) is 2.34. The fraction of sp³-hybridized carbons (Fsp3) is 0.500. The molecular weight excluding hydrogens is 100 g/mol. The van der Waals surface area contributed by atoms with Crippen molar-refractivity contribution in [3.63, 3.8) is 0 Å². The van der Waals surface area contributed by atoms with Gasteiger partial charge in [-0.2, -0.15) is 0 Å². The summed E-state index contributed by atoms with van der Waals surface area (Å²) in [5, 5.41) is 3.22. The molecule has 42 valence electrons. The lowest BCUT2D eigenvalue weighted by molar-refractivity contribution is 0.954. The molecule has 0 spiro atoms. The number of hydrogen-bond acceptors (Lipinski definition) is 2. The minimum atomic E-state index is 0.537. The summed E-state index contributed by atoms with van der Waals surface area (Å²) in [5.74, 6) is 1.07. The maximum absolute atomic E-state index is 4.23. The van der Waals surface area contributed by atoms with Gasteiger partial charge in [-0.15, -0.1) is 0 Å². The zero-order valence-corrected chi connectivity index (χ0v) is 5.02. The van der Waals surface area contributed by atoms with E-state index in [0.29, 0.717) is 6.04 Å². The molecule has 1 unspecified atom stereocenters. The van der Waals surface area contributed by atoms with Gasteiger partial charge in [0.05, 0.1) is 17.6 Å². The Hall–Kier alpha value is -0.790. The van der Waals surface area contributed by atoms with E-state index in [1.807, 2.05) is 6.92 Å². The molecule has 8 heavy (non-hydrogen) atoms. The van der Waals surface area contributed by atoms with Gasteiger partial charge >= 0.3 is 0 Å². The predicted molar refractivity (Wildman–Crippen MR) is 32.7 cm³/mol. The van der Waals surface area contributed by atoms with Gasteiger partial charge in [0.25, 0.3) is 0 Å². The van der Waals surface area contributed by atoms with Crippen LogP contribution < -0.4 is 5.32 Å². The normalized spacial score (nSPS) is 31.8. The lowest BCUT2D eigenvalue weighted by atomic mass is 10.5. The Morgan fingerprint density at radius 1 is 1.50 bits per heavy atom. The van der Waals surface area contributed by atoms with Crippen LogP contribution in [-0.4, -0.2) is 11.9 Å². The first kappa shape index (κ1) is 4.13. The molecule has 1 N–H and O–H groups in total. The number of amidine groups is 1. The first-order valence-electron chi connectivity index (χ1n) is 2.81. The van der Waals surface area contributed by atoms with Gasteiger partial charge < -0.3 is 5.32 Å². The standard InChI is InChI=1S/C6H8N2/c1-3-5-6(3)8-4(2)7-5/h5H,1-2H3,(H,7,8). The minimum absolute atomic E-state index is 0.537. The van der Waals surface area contributed by atoms with Crippen molar-refractivity contribution in [1.82, 2.24) is 5.32 Å². The molecular formula is C6H8N2. The molecule has 0 bridgehead atoms. The van der Waals surface area contributed by atoms with Crippen LogP contribution in [0.3, 0.4) is 0 Å². The van der Waals surface area contributed by atoms with Crippen LogP contribution in [0.4, 0.5) is 0 Å². The smallest absolute Gasteiger partial charge is 0.0995 e. The van der Waals surface area contributed by atoms with Crippen molar-refractivity contribution in [3.05, 3.63) is 11.3 Å². The second kappa shape index (κ2) is 0.966. The molecule has 0 saturated carbocycles. The highest BCUT2D eigenvalue weighted by atomic mass is 15.2. The van der Waals surface area contributed by atoms with Crippen molar-refractivity contribution in [1.29, 1.82) is 0 Å². The first-order valence-corrected chi connectivity index (χ1v) is 2.81. The van der Waals surface area contributed by atoms with Gasteiger partial charge in [-0.1, -0.05) is 0 Å². The molecule has 0 fully saturated rings. The molecule has 2 heteroatoms. The van der Waals surface area contributed by atoms with Gasteiger partial charge in [-0.05, 0) is 19.4 Å². The topological polar surface area (TPSA) is 24.4 Å². The Labute approximate surface area is 48.3 Å². The van der Waals surface area contributed by atoms with E-state index in [0.717, 1.165) is 5.84 Å². The van der Waals surface area contributed by atoms with Gasteiger partial charge in [0.15, 0.2) is 0 Å². The Morgan fingerprint density at radius 2 is 2.25 bits per heavy atom. The number of nitrogens with one attached hydrogen (secondary N) is 1. The van der Waals surface area contributed by atoms with E-state index < -0.39 is 0 Å². The van der Waals surface area contributed by atoms with E-state index in [2.05, 4.69) is 17.2 Å². The summed E-state index contributed by atoms with van der Waals surface area (Å²) in [4.78, 5) is 4.23. The highest BCUT2D eigenvalue weighted by Gasteiger charge is 2.37. The molecule has 1 aliphatic heterocycles. The maximum Gasteiger partial charge on any atom is 0.0995 e. The zero-order valence-electron chi connectivity index (χ0n) is 5.02. The minimum Gasteiger partial charge on any atom is -0.362 e. The Kier molecular flexibility index (Phi) is 0.498. The van der Waals surface area contributed by atoms with E-state index >= 15 is 0 Å². The van der Waals surface area contributed by atoms with E-state index in [1.165, 1.54) is 11.3 Å². The van der Waals surface area contributed by atoms with Gasteiger partial charge in [0.2, 0.25) is 0 Å². The lowest BCUT2D eigenvalue weighted by Crippen LogP contribution is -2.20. The van der Waals surface area contributed by atoms with Crippen LogP contribution in [0, 0.1) is 0 Å². The number of aliphatic imine (C=N–C) groups is 1. The van der Waals surface area contributed by atoms with Crippen LogP contribution in [0.5, 0.6) is 0 Å². The molecule has 0 aromatic heterocycles. The molecule has 0 amide bonds. The van der Waals surface area contributed by atoms with Crippen LogP contribution in [0.2, 0.25) is 0 Å². The van der Waals surface area contributed by atoms with Gasteiger partial charge in [0, 0.05) is 0 Å². The summed E-state index contributed by atoms with van der Waals surface area (Å²) in [7, 11) is 0. The molecule has 2 nitrogen and oxygen atoms in total. The highest BCUT2D eigenvalue weighted by molar-refractivity contribution is 5.87. The summed E-state index contributed by atoms with van der Waals surface area (Å²) in [5.41, 5.74) is 2.68. The Morgan fingerprint density at radius 3 is 2.62 bits per heavy atom. The van der Waals surface area contributed by atoms with Crippen molar-refractivity contribution in [2.75, 3.05) is 0 Å². The van der Waals surface area contributed by atoms with Crippen molar-refractivity contribution in [2.45, 2.75) is 19.9 Å². The number of nitrogens with zero attached hydrogens (tertiary/aromatic N) is 1. The fourth-order valence-corrected chi connectivity index (χ4v) is 1.07. The average molecular weight is 108 g/mol. The van der Waals surface area contributed by atoms with Crippen molar-refractivity contribution in [3.8, 4) is 0 Å². The summed E-state index contributed by atoms with van der Waals surface area (Å²) < 4.78 is 0. The molecule has 1 atom stereocenters. The van der Waals surface area contributed by atoms with Gasteiger partial charge in [0.1, 0.15) is 0 Å². The molecule has 1 aliphatic carbocycles. The Balaban J connectivity index is 2.33. The third-order valence-corrected chi connectivity index (χ3v) is 1.67. The summed E-state index contributed by atoms with van der Waals surface area (Å²) in [6, 6.07) is 0.537. The van der Waals surface area contributed by atoms with Crippen LogP contribution in [0.25, 0.3) is 0 Å². The van der Waals surface area contributed by atoms with Crippen LogP contribution in [0.15, 0.2) is 16.3 Å². The molecule has 0 radical (unpaired) electrons. The largest absolute Gasteiger partial charge is 0.362 e. The van der Waals surface area contributed by atoms with Crippen molar-refractivity contribution < 1.29 is 0 Å². The van der Waals surface area contributed by atoms with Crippen LogP contribution >= 0.6 is 0 Å². The second-order valence-electron chi connectivity index (χ2n) is 2.34. The molecule has 0 aromatic rings. The Bertz CT molecular complexity index is 201. The first-order chi connectivity index (χ1) is 3.79. The SMILES string of the molecule is CC1=NC2=C(C)C2N1. The van der Waals surface area contributed by atoms with E-state index in [1.54, 1.807) is 0 Å². The molecule has 0 aromatic carbocycles. The third-order valence-electron chi connectivity index (χ3n) is 1.67. The highest BCUT2D eigenvalue weighted by Crippen LogP contribution is 2.35. The summed E-state index contributed by atoms with van der Waals surface area (Å²) in [6.45, 7) is 4.11. The summed E-state index contributed by atoms with van der Waals surface area (Å²) >= 11 is 0. The van der Waals surface area contributed by atoms with Gasteiger partial charge in [-0.3, -0.25) is 0 Å². The summed E-state index contributed by atoms with van der Waals surface area (Å²) in [6.07, 6.45) is 0. The number of hydrogen-bond donors (Lipinski definition) is 1. The van der Waals surface area contributed by atoms with Gasteiger partial charge in [-0.25, -0.2) is 4.99 Å². The fourth-order valence-electron chi connectivity index (χ4n) is 1.07. The molecule has 2 aliphatic rings. The molecule has 1 heterocycles. The van der Waals surface area contributed by atoms with E-state index in [4.69, 9.17) is 0 Å². The van der Waals surface area contributed by atoms with E-state index in [-0.39, 0.29) is 0 Å². The average Bonchev–Trinajstić information content (AvgIpc) is 2.29.